The Morgan fingerprint density at radius 1 is 1.08 bits per heavy atom. The Kier molecular flexibility index (Phi) is 8.35. The summed E-state index contributed by atoms with van der Waals surface area (Å²) in [5, 5.41) is 17.0. The summed E-state index contributed by atoms with van der Waals surface area (Å²) in [6, 6.07) is 7.53. The fraction of sp³-hybridized carbons (Fsp3) is 0.517. The van der Waals surface area contributed by atoms with Gasteiger partial charge >= 0.3 is 17.9 Å². The highest BCUT2D eigenvalue weighted by Crippen LogP contribution is 2.45. The number of ketones is 1. The third-order valence-electron chi connectivity index (χ3n) is 7.91. The highest BCUT2D eigenvalue weighted by atomic mass is 16.5. The molecule has 2 aliphatic carbocycles. The maximum absolute atomic E-state index is 13.0. The van der Waals surface area contributed by atoms with Crippen LogP contribution in [0.25, 0.3) is 10.9 Å². The first-order chi connectivity index (χ1) is 18.0. The van der Waals surface area contributed by atoms with E-state index in [0.717, 1.165) is 19.4 Å². The largest absolute Gasteiger partial charge is 0.478 e. The summed E-state index contributed by atoms with van der Waals surface area (Å²) in [4.78, 5) is 46.0. The van der Waals surface area contributed by atoms with Crippen molar-refractivity contribution in [3.05, 3.63) is 47.7 Å². The number of rotatable bonds is 5. The number of aromatic nitrogens is 1. The highest BCUT2D eigenvalue weighted by Gasteiger charge is 2.42. The fourth-order valence-electron chi connectivity index (χ4n) is 6.11. The molecule has 0 radical (unpaired) electrons. The standard InChI is InChI=1S/C25H32N2O3.C4H4O4/c1-15(2)27-14-16-12-23-21(20-5-4-6-22(27)24(16)20)11-17(13-26(23)3)25(29)30-19-9-7-18(28)8-10-19;5-3(6)1-2-4(7)8/h4-6,14-15,17,19,21,23H,7-13H2,1-3H3;1-2H,(H,5,6)(H,7,8)/b;2-1-/t17-,21?,23?;/m1./s1. The molecule has 5 rings (SSSR count). The fourth-order valence-corrected chi connectivity index (χ4v) is 6.11. The topological polar surface area (TPSA) is 126 Å². The minimum absolute atomic E-state index is 0.0719. The summed E-state index contributed by atoms with van der Waals surface area (Å²) >= 11 is 0. The van der Waals surface area contributed by atoms with Crippen molar-refractivity contribution in [2.45, 2.75) is 76.5 Å². The molecule has 0 amide bonds. The van der Waals surface area contributed by atoms with Crippen molar-refractivity contribution < 1.29 is 34.1 Å². The van der Waals surface area contributed by atoms with Crippen LogP contribution in [-0.2, 0) is 30.3 Å². The summed E-state index contributed by atoms with van der Waals surface area (Å²) in [6.45, 7) is 5.22. The third-order valence-corrected chi connectivity index (χ3v) is 7.91. The van der Waals surface area contributed by atoms with Gasteiger partial charge < -0.3 is 24.4 Å². The number of carbonyl (C=O) groups excluding carboxylic acids is 2. The first kappa shape index (κ1) is 27.6. The van der Waals surface area contributed by atoms with E-state index in [0.29, 0.717) is 61.6 Å². The number of ether oxygens (including phenoxy) is 1. The highest BCUT2D eigenvalue weighted by molar-refractivity contribution is 5.90. The number of piperidine rings is 1. The van der Waals surface area contributed by atoms with Crippen LogP contribution in [0.5, 0.6) is 0 Å². The number of carboxylic acids is 2. The van der Waals surface area contributed by atoms with E-state index in [4.69, 9.17) is 14.9 Å². The number of carbonyl (C=O) groups is 4. The molecule has 2 aromatic rings. The number of hydrogen-bond acceptors (Lipinski definition) is 6. The quantitative estimate of drug-likeness (QED) is 0.445. The number of likely N-dealkylation sites (tertiary alicyclic amines) is 1. The molecule has 2 unspecified atom stereocenters. The lowest BCUT2D eigenvalue weighted by molar-refractivity contribution is -0.159. The maximum Gasteiger partial charge on any atom is 0.328 e. The minimum Gasteiger partial charge on any atom is -0.478 e. The second-order valence-electron chi connectivity index (χ2n) is 10.8. The van der Waals surface area contributed by atoms with Crippen LogP contribution in [0.1, 0.15) is 69.0 Å². The summed E-state index contributed by atoms with van der Waals surface area (Å²) < 4.78 is 8.25. The van der Waals surface area contributed by atoms with Crippen LogP contribution in [0.3, 0.4) is 0 Å². The normalized spacial score (nSPS) is 23.7. The maximum atomic E-state index is 13.0. The summed E-state index contributed by atoms with van der Waals surface area (Å²) in [5.41, 5.74) is 4.15. The number of nitrogens with zero attached hydrogens (tertiary/aromatic N) is 2. The van der Waals surface area contributed by atoms with Crippen molar-refractivity contribution in [3.8, 4) is 0 Å². The molecule has 1 aliphatic heterocycles. The molecule has 2 fully saturated rings. The predicted molar refractivity (Wildman–Crippen MR) is 141 cm³/mol. The van der Waals surface area contributed by atoms with Crippen LogP contribution in [0.15, 0.2) is 36.5 Å². The number of benzene rings is 1. The second kappa shape index (κ2) is 11.5. The number of esters is 1. The molecule has 9 nitrogen and oxygen atoms in total. The molecular weight excluding hydrogens is 488 g/mol. The third kappa shape index (κ3) is 5.99. The van der Waals surface area contributed by atoms with Gasteiger partial charge in [-0.3, -0.25) is 9.59 Å². The summed E-state index contributed by atoms with van der Waals surface area (Å²) in [5.74, 6) is -2.04. The zero-order chi connectivity index (χ0) is 27.6. The Bertz CT molecular complexity index is 1240. The van der Waals surface area contributed by atoms with Crippen molar-refractivity contribution >= 4 is 34.6 Å². The van der Waals surface area contributed by atoms with Crippen molar-refractivity contribution in [2.75, 3.05) is 13.6 Å². The zero-order valence-electron chi connectivity index (χ0n) is 22.1. The van der Waals surface area contributed by atoms with E-state index >= 15 is 0 Å². The van der Waals surface area contributed by atoms with Gasteiger partial charge in [0.1, 0.15) is 11.9 Å². The van der Waals surface area contributed by atoms with E-state index in [1.54, 1.807) is 0 Å². The minimum atomic E-state index is -1.26. The molecule has 3 aliphatic rings. The summed E-state index contributed by atoms with van der Waals surface area (Å²) in [7, 11) is 2.15. The van der Waals surface area contributed by atoms with Gasteiger partial charge in [-0.1, -0.05) is 12.1 Å². The van der Waals surface area contributed by atoms with Crippen molar-refractivity contribution in [1.29, 1.82) is 0 Å². The molecule has 9 heteroatoms. The molecule has 38 heavy (non-hydrogen) atoms. The number of Topliss-reactive ketones (excluding diaryl/α,β-unsaturated/α-hetero) is 1. The van der Waals surface area contributed by atoms with Crippen LogP contribution in [0.2, 0.25) is 0 Å². The van der Waals surface area contributed by atoms with Crippen LogP contribution in [0.4, 0.5) is 0 Å². The van der Waals surface area contributed by atoms with E-state index in [-0.39, 0.29) is 18.0 Å². The monoisotopic (exact) mass is 524 g/mol. The van der Waals surface area contributed by atoms with Gasteiger partial charge in [-0.15, -0.1) is 0 Å². The number of aliphatic carboxylic acids is 2. The van der Waals surface area contributed by atoms with Crippen LogP contribution in [-0.4, -0.2) is 69.1 Å². The van der Waals surface area contributed by atoms with E-state index in [1.165, 1.54) is 22.0 Å². The Morgan fingerprint density at radius 2 is 1.74 bits per heavy atom. The molecule has 2 heterocycles. The molecule has 1 saturated heterocycles. The number of hydrogen-bond donors (Lipinski definition) is 2. The van der Waals surface area contributed by atoms with E-state index in [1.807, 2.05) is 0 Å². The molecule has 2 N–H and O–H groups in total. The van der Waals surface area contributed by atoms with Crippen molar-refractivity contribution in [1.82, 2.24) is 9.47 Å². The molecule has 204 valence electrons. The van der Waals surface area contributed by atoms with E-state index in [2.05, 4.69) is 54.8 Å². The van der Waals surface area contributed by atoms with Gasteiger partial charge in [0.25, 0.3) is 0 Å². The molecular formula is C29H36N2O7. The van der Waals surface area contributed by atoms with Gasteiger partial charge in [0.2, 0.25) is 0 Å². The second-order valence-corrected chi connectivity index (χ2v) is 10.8. The van der Waals surface area contributed by atoms with E-state index < -0.39 is 11.9 Å². The lowest BCUT2D eigenvalue weighted by Crippen LogP contribution is -2.50. The smallest absolute Gasteiger partial charge is 0.328 e. The first-order valence-corrected chi connectivity index (χ1v) is 13.2. The van der Waals surface area contributed by atoms with Gasteiger partial charge in [-0.05, 0) is 63.8 Å². The average molecular weight is 525 g/mol. The van der Waals surface area contributed by atoms with Crippen molar-refractivity contribution in [3.63, 3.8) is 0 Å². The van der Waals surface area contributed by atoms with Crippen molar-refractivity contribution in [2.24, 2.45) is 5.92 Å². The lowest BCUT2D eigenvalue weighted by Gasteiger charge is -2.45. The van der Waals surface area contributed by atoms with Gasteiger partial charge in [-0.25, -0.2) is 9.59 Å². The van der Waals surface area contributed by atoms with Gasteiger partial charge in [-0.2, -0.15) is 0 Å². The summed E-state index contributed by atoms with van der Waals surface area (Å²) in [6.07, 6.45) is 7.73. The molecule has 3 atom stereocenters. The van der Waals surface area contributed by atoms with Crippen LogP contribution < -0.4 is 0 Å². The predicted octanol–water partition coefficient (Wildman–Crippen LogP) is 3.95. The molecule has 1 saturated carbocycles. The van der Waals surface area contributed by atoms with Crippen LogP contribution in [0, 0.1) is 5.92 Å². The Balaban J connectivity index is 0.000000368. The Morgan fingerprint density at radius 3 is 2.34 bits per heavy atom. The van der Waals surface area contributed by atoms with Gasteiger partial charge in [0.05, 0.1) is 5.92 Å². The van der Waals surface area contributed by atoms with Crippen LogP contribution >= 0.6 is 0 Å². The average Bonchev–Trinajstić information content (AvgIpc) is 3.25. The molecule has 1 aromatic carbocycles. The zero-order valence-corrected chi connectivity index (χ0v) is 22.1. The Labute approximate surface area is 222 Å². The van der Waals surface area contributed by atoms with E-state index in [9.17, 15) is 19.2 Å². The van der Waals surface area contributed by atoms with Gasteiger partial charge in [0, 0.05) is 66.6 Å². The SMILES string of the molecule is CC(C)n1cc2c3c(cccc31)C1C[C@@H](C(=O)OC3CCC(=O)CC3)CN(C)C1C2.O=C(O)/C=C\C(=O)O. The first-order valence-electron chi connectivity index (χ1n) is 13.2. The van der Waals surface area contributed by atoms with Gasteiger partial charge in [0.15, 0.2) is 0 Å². The number of carboxylic acid groups (broad SMARTS) is 2. The Hall–Kier alpha value is -3.46. The molecule has 0 spiro atoms. The molecule has 1 aromatic heterocycles. The number of likely N-dealkylation sites (N-methyl/N-ethyl adjacent to an activating group) is 1. The molecule has 0 bridgehead atoms. The lowest BCUT2D eigenvalue weighted by atomic mass is 9.72. The number of fused-ring (bicyclic) bond motifs is 2.